The topological polar surface area (TPSA) is 101 Å². The maximum Gasteiger partial charge on any atom is 0.417 e. The smallest absolute Gasteiger partial charge is 0.417 e. The fourth-order valence-electron chi connectivity index (χ4n) is 6.09. The molecule has 0 aliphatic carbocycles. The molecular weight excluding hydrogens is 636 g/mol. The highest BCUT2D eigenvalue weighted by atomic mass is 32.1. The number of carbonyl (C=O) groups excluding carboxylic acids is 1. The Hall–Kier alpha value is -4.18. The van der Waals surface area contributed by atoms with Crippen molar-refractivity contribution >= 4 is 49.3 Å². The molecule has 244 valence electrons. The lowest BCUT2D eigenvalue weighted by atomic mass is 9.96. The van der Waals surface area contributed by atoms with Crippen LogP contribution in [0, 0.1) is 5.82 Å². The molecule has 1 amide bonds. The summed E-state index contributed by atoms with van der Waals surface area (Å²) in [6, 6.07) is 2.79. The zero-order chi connectivity index (χ0) is 33.1. The van der Waals surface area contributed by atoms with Gasteiger partial charge in [0.1, 0.15) is 30.6 Å². The fraction of sp³-hybridized carbons (Fsp3) is 0.400. The molecule has 2 aromatic carbocycles. The van der Waals surface area contributed by atoms with Crippen LogP contribution in [-0.4, -0.2) is 95.4 Å². The molecule has 6 rings (SSSR count). The Kier molecular flexibility index (Phi) is 8.21. The Morgan fingerprint density at radius 2 is 1.93 bits per heavy atom. The van der Waals surface area contributed by atoms with Crippen LogP contribution in [0.25, 0.3) is 32.2 Å². The summed E-state index contributed by atoms with van der Waals surface area (Å²) in [4.78, 5) is 29.5. The van der Waals surface area contributed by atoms with Crippen LogP contribution in [0.4, 0.5) is 37.3 Å². The Morgan fingerprint density at radius 1 is 1.17 bits per heavy atom. The first-order valence-electron chi connectivity index (χ1n) is 14.3. The molecule has 2 N–H and O–H groups in total. The number of fused-ring (bicyclic) bond motifs is 2. The van der Waals surface area contributed by atoms with E-state index in [4.69, 9.17) is 10.5 Å². The van der Waals surface area contributed by atoms with E-state index in [0.717, 1.165) is 29.5 Å². The van der Waals surface area contributed by atoms with Gasteiger partial charge in [-0.15, -0.1) is 0 Å². The summed E-state index contributed by atoms with van der Waals surface area (Å²) in [5, 5.41) is -0.0871. The van der Waals surface area contributed by atoms with Gasteiger partial charge in [-0.05, 0) is 49.4 Å². The van der Waals surface area contributed by atoms with Gasteiger partial charge < -0.3 is 20.3 Å². The van der Waals surface area contributed by atoms with E-state index in [2.05, 4.69) is 21.5 Å². The number of amides is 1. The first-order chi connectivity index (χ1) is 21.7. The van der Waals surface area contributed by atoms with Crippen molar-refractivity contribution < 1.29 is 35.9 Å². The number of nitrogens with two attached hydrogens (primary N) is 1. The van der Waals surface area contributed by atoms with Crippen LogP contribution in [0.3, 0.4) is 0 Å². The van der Waals surface area contributed by atoms with Gasteiger partial charge in [-0.25, -0.2) is 18.2 Å². The number of likely N-dealkylation sites (N-methyl/N-ethyl adjacent to an activating group) is 2. The first-order valence-corrected chi connectivity index (χ1v) is 15.1. The number of ether oxygens (including phenoxy) is 1. The lowest BCUT2D eigenvalue weighted by Gasteiger charge is -2.28. The monoisotopic (exact) mass is 665 g/mol. The van der Waals surface area contributed by atoms with Crippen LogP contribution >= 0.6 is 11.3 Å². The number of hydrogen-bond donors (Lipinski definition) is 1. The molecule has 2 saturated heterocycles. The lowest BCUT2D eigenvalue weighted by molar-refractivity contribution is -0.137. The molecule has 0 saturated carbocycles. The fourth-order valence-corrected chi connectivity index (χ4v) is 6.86. The normalized spacial score (nSPS) is 22.2. The Morgan fingerprint density at radius 3 is 2.61 bits per heavy atom. The molecule has 2 fully saturated rings. The van der Waals surface area contributed by atoms with Gasteiger partial charge in [0, 0.05) is 37.1 Å². The highest BCUT2D eigenvalue weighted by Gasteiger charge is 2.40. The van der Waals surface area contributed by atoms with Crippen LogP contribution in [0.2, 0.25) is 0 Å². The first kappa shape index (κ1) is 31.8. The summed E-state index contributed by atoms with van der Waals surface area (Å²) in [5.41, 5.74) is 4.33. The lowest BCUT2D eigenvalue weighted by Crippen LogP contribution is -2.40. The van der Waals surface area contributed by atoms with Crippen molar-refractivity contribution in [3.63, 3.8) is 0 Å². The minimum Gasteiger partial charge on any atom is -0.462 e. The number of nitrogens with zero attached hydrogens (tertiary/aromatic N) is 6. The molecule has 0 spiro atoms. The average Bonchev–Trinajstić information content (AvgIpc) is 3.69. The van der Waals surface area contributed by atoms with Gasteiger partial charge >= 0.3 is 12.2 Å². The van der Waals surface area contributed by atoms with Gasteiger partial charge in [-0.3, -0.25) is 9.69 Å². The van der Waals surface area contributed by atoms with Crippen LogP contribution < -0.4 is 15.4 Å². The van der Waals surface area contributed by atoms with Crippen molar-refractivity contribution in [3.8, 4) is 17.1 Å². The largest absolute Gasteiger partial charge is 0.462 e. The predicted molar refractivity (Wildman–Crippen MR) is 163 cm³/mol. The highest BCUT2D eigenvalue weighted by Crippen LogP contribution is 2.44. The summed E-state index contributed by atoms with van der Waals surface area (Å²) in [6.45, 7) is 3.34. The number of benzene rings is 2. The number of carbonyl (C=O) groups is 1. The van der Waals surface area contributed by atoms with E-state index in [9.17, 15) is 26.7 Å². The number of hydrogen-bond acceptors (Lipinski definition) is 9. The summed E-state index contributed by atoms with van der Waals surface area (Å²) in [7, 11) is 3.21. The molecule has 4 unspecified atom stereocenters. The van der Waals surface area contributed by atoms with E-state index < -0.39 is 41.8 Å². The molecule has 2 aromatic heterocycles. The molecule has 0 radical (unpaired) electrons. The predicted octanol–water partition coefficient (Wildman–Crippen LogP) is 5.24. The number of nitrogen functional groups attached to an aromatic ring is 1. The van der Waals surface area contributed by atoms with Crippen molar-refractivity contribution in [2.75, 3.05) is 51.0 Å². The number of aromatic nitrogens is 3. The number of alkyl halides is 5. The third-order valence-corrected chi connectivity index (χ3v) is 9.37. The molecule has 0 bridgehead atoms. The summed E-state index contributed by atoms with van der Waals surface area (Å²) in [5.74, 6) is -1.24. The summed E-state index contributed by atoms with van der Waals surface area (Å²) < 4.78 is 93.9. The minimum absolute atomic E-state index is 0.00366. The maximum absolute atomic E-state index is 15.3. The van der Waals surface area contributed by atoms with E-state index in [-0.39, 0.29) is 87.9 Å². The van der Waals surface area contributed by atoms with Crippen LogP contribution in [0.1, 0.15) is 12.0 Å². The third-order valence-electron chi connectivity index (χ3n) is 8.48. The summed E-state index contributed by atoms with van der Waals surface area (Å²) >= 11 is 0.808. The van der Waals surface area contributed by atoms with Crippen LogP contribution in [-0.2, 0) is 11.0 Å². The molecule has 9 nitrogen and oxygen atoms in total. The van der Waals surface area contributed by atoms with Gasteiger partial charge in [0.15, 0.2) is 5.13 Å². The van der Waals surface area contributed by atoms with Gasteiger partial charge in [-0.1, -0.05) is 17.9 Å². The van der Waals surface area contributed by atoms with E-state index in [1.165, 1.54) is 29.0 Å². The van der Waals surface area contributed by atoms with Crippen molar-refractivity contribution in [1.82, 2.24) is 24.8 Å². The zero-order valence-corrected chi connectivity index (χ0v) is 25.5. The Bertz CT molecular complexity index is 1840. The van der Waals surface area contributed by atoms with Gasteiger partial charge in [0.25, 0.3) is 0 Å². The minimum atomic E-state index is -4.89. The van der Waals surface area contributed by atoms with E-state index in [1.54, 1.807) is 11.9 Å². The third kappa shape index (κ3) is 5.79. The standard InChI is InChI=1S/C30H29F6N7O2S/c1-4-24(44)43-11-21(33)23(12-43)42(3)27-18-8-19(30(34,35)36)17(16-5-6-20(32)26-25(16)39-28(37)46-26)9-22(18)38-29(40-27)45-13-15-7-14(31)10-41(15)2/h4-6,8-9,14-15,21,23H,1,7,10-13H2,2-3H3,(H2,37,39). The van der Waals surface area contributed by atoms with E-state index in [0.29, 0.717) is 0 Å². The second kappa shape index (κ2) is 11.9. The second-order valence-electron chi connectivity index (χ2n) is 11.4. The van der Waals surface area contributed by atoms with Crippen molar-refractivity contribution in [2.45, 2.75) is 37.0 Å². The number of halogens is 6. The van der Waals surface area contributed by atoms with Crippen molar-refractivity contribution in [3.05, 3.63) is 48.3 Å². The number of likely N-dealkylation sites (tertiary alicyclic amines) is 2. The SMILES string of the molecule is C=CC(=O)N1CC(F)C(N(C)c2nc(OCC3CC(F)CN3C)nc3cc(-c4ccc(F)c5sc(N)nc45)c(C(F)(F)F)cc23)C1. The number of anilines is 2. The molecule has 46 heavy (non-hydrogen) atoms. The van der Waals surface area contributed by atoms with Crippen molar-refractivity contribution in [2.24, 2.45) is 0 Å². The Balaban J connectivity index is 1.52. The average molecular weight is 666 g/mol. The van der Waals surface area contributed by atoms with Gasteiger partial charge in [-0.2, -0.15) is 23.1 Å². The van der Waals surface area contributed by atoms with Crippen LogP contribution in [0.15, 0.2) is 36.9 Å². The molecule has 4 atom stereocenters. The number of thiazole rings is 1. The molecule has 4 aromatic rings. The van der Waals surface area contributed by atoms with E-state index in [1.807, 2.05) is 0 Å². The number of rotatable bonds is 7. The zero-order valence-electron chi connectivity index (χ0n) is 24.7. The summed E-state index contributed by atoms with van der Waals surface area (Å²) in [6.07, 6.45) is -6.22. The Labute approximate surface area is 263 Å². The molecule has 16 heteroatoms. The molecule has 2 aliphatic heterocycles. The van der Waals surface area contributed by atoms with Crippen LogP contribution in [0.5, 0.6) is 6.01 Å². The highest BCUT2D eigenvalue weighted by molar-refractivity contribution is 7.22. The molecular formula is C30H29F6N7O2S. The van der Waals surface area contributed by atoms with Crippen molar-refractivity contribution in [1.29, 1.82) is 0 Å². The van der Waals surface area contributed by atoms with E-state index >= 15 is 4.39 Å². The molecule has 4 heterocycles. The maximum atomic E-state index is 15.3. The van der Waals surface area contributed by atoms with Gasteiger partial charge in [0.2, 0.25) is 5.91 Å². The van der Waals surface area contributed by atoms with Gasteiger partial charge in [0.05, 0.1) is 33.9 Å². The molecule has 2 aliphatic rings. The quantitative estimate of drug-likeness (QED) is 0.212. The second-order valence-corrected chi connectivity index (χ2v) is 12.5.